The molecule has 0 unspecified atom stereocenters. The van der Waals surface area contributed by atoms with E-state index >= 15 is 0 Å². The number of nitrogens with one attached hydrogen (secondary N) is 2. The first-order chi connectivity index (χ1) is 15.7. The van der Waals surface area contributed by atoms with Crippen molar-refractivity contribution in [3.05, 3.63) is 74.8 Å². The summed E-state index contributed by atoms with van der Waals surface area (Å²) in [5, 5.41) is 15.0. The Hall–Kier alpha value is -3.36. The van der Waals surface area contributed by atoms with Gasteiger partial charge in [0.15, 0.2) is 0 Å². The second-order valence-electron chi connectivity index (χ2n) is 7.40. The Bertz CT molecular complexity index is 1260. The fourth-order valence-corrected chi connectivity index (χ4v) is 3.66. The minimum absolute atomic E-state index is 0.268. The zero-order valence-electron chi connectivity index (χ0n) is 18.7. The van der Waals surface area contributed by atoms with E-state index in [4.69, 9.17) is 23.2 Å². The maximum absolute atomic E-state index is 12.3. The van der Waals surface area contributed by atoms with Crippen LogP contribution in [0, 0.1) is 13.8 Å². The number of hydrogen-bond donors (Lipinski definition) is 2. The number of amides is 2. The molecule has 3 aromatic rings. The minimum Gasteiger partial charge on any atom is -0.348 e. The highest BCUT2D eigenvalue weighted by Gasteiger charge is 2.10. The van der Waals surface area contributed by atoms with E-state index in [-0.39, 0.29) is 11.8 Å². The molecule has 8 nitrogen and oxygen atoms in total. The lowest BCUT2D eigenvalue weighted by atomic mass is 10.2. The molecule has 2 aromatic heterocycles. The summed E-state index contributed by atoms with van der Waals surface area (Å²) in [6, 6.07) is 7.22. The van der Waals surface area contributed by atoms with Crippen molar-refractivity contribution in [2.24, 2.45) is 14.1 Å². The molecular formula is C23H24Cl2N6O2. The number of halogens is 2. The van der Waals surface area contributed by atoms with Crippen LogP contribution in [0.15, 0.2) is 36.4 Å². The maximum Gasteiger partial charge on any atom is 0.248 e. The first kappa shape index (κ1) is 24.3. The highest BCUT2D eigenvalue weighted by molar-refractivity contribution is 6.31. The predicted octanol–water partition coefficient (Wildman–Crippen LogP) is 4.06. The molecule has 1 aromatic carbocycles. The van der Waals surface area contributed by atoms with Gasteiger partial charge in [0.2, 0.25) is 11.8 Å². The van der Waals surface area contributed by atoms with E-state index in [0.29, 0.717) is 33.7 Å². The molecule has 0 spiro atoms. The Morgan fingerprint density at radius 1 is 0.939 bits per heavy atom. The van der Waals surface area contributed by atoms with Gasteiger partial charge in [0, 0.05) is 49.6 Å². The van der Waals surface area contributed by atoms with Crippen LogP contribution in [-0.4, -0.2) is 31.4 Å². The topological polar surface area (TPSA) is 93.8 Å². The summed E-state index contributed by atoms with van der Waals surface area (Å²) in [6.07, 6.45) is 6.09. The molecule has 0 fully saturated rings. The first-order valence-electron chi connectivity index (χ1n) is 10.1. The van der Waals surface area contributed by atoms with Crippen LogP contribution in [0.3, 0.4) is 0 Å². The highest BCUT2D eigenvalue weighted by atomic mass is 35.5. The molecule has 0 aliphatic carbocycles. The second kappa shape index (κ2) is 10.5. The minimum atomic E-state index is -0.304. The van der Waals surface area contributed by atoms with Gasteiger partial charge in [0.05, 0.1) is 11.4 Å². The van der Waals surface area contributed by atoms with E-state index in [2.05, 4.69) is 20.8 Å². The van der Waals surface area contributed by atoms with Crippen molar-refractivity contribution in [1.82, 2.24) is 24.9 Å². The van der Waals surface area contributed by atoms with Crippen molar-refractivity contribution < 1.29 is 9.59 Å². The zero-order chi connectivity index (χ0) is 24.1. The van der Waals surface area contributed by atoms with E-state index in [1.54, 1.807) is 53.8 Å². The highest BCUT2D eigenvalue weighted by Crippen LogP contribution is 2.21. The van der Waals surface area contributed by atoms with E-state index in [1.807, 2.05) is 19.9 Å². The number of rotatable bonds is 7. The summed E-state index contributed by atoms with van der Waals surface area (Å²) in [5.41, 5.74) is 4.32. The van der Waals surface area contributed by atoms with Crippen molar-refractivity contribution in [2.75, 3.05) is 5.32 Å². The number of carbonyl (C=O) groups is 2. The van der Waals surface area contributed by atoms with E-state index < -0.39 is 0 Å². The van der Waals surface area contributed by atoms with Gasteiger partial charge in [-0.05, 0) is 43.7 Å². The number of aryl methyl sites for hydroxylation is 4. The molecule has 0 radical (unpaired) electrons. The molecule has 0 saturated heterocycles. The van der Waals surface area contributed by atoms with Crippen molar-refractivity contribution in [3.63, 3.8) is 0 Å². The summed E-state index contributed by atoms with van der Waals surface area (Å²) in [4.78, 5) is 24.5. The van der Waals surface area contributed by atoms with Crippen LogP contribution < -0.4 is 10.6 Å². The lowest BCUT2D eigenvalue weighted by Gasteiger charge is -2.07. The Kier molecular flexibility index (Phi) is 7.73. The van der Waals surface area contributed by atoms with E-state index in [0.717, 1.165) is 17.0 Å². The standard InChI is InChI=1S/C23H24Cl2N6O2/c1-14-18(22(24)30(3)28-14)8-10-20(32)26-13-16-6-5-7-17(12-16)27-21(33)11-9-19-15(2)29-31(4)23(19)25/h5-12H,13H2,1-4H3,(H,26,32)(H,27,33)/b10-8+,11-9-. The van der Waals surface area contributed by atoms with E-state index in [1.165, 1.54) is 12.2 Å². The van der Waals surface area contributed by atoms with Gasteiger partial charge < -0.3 is 10.6 Å². The number of hydrogen-bond acceptors (Lipinski definition) is 4. The van der Waals surface area contributed by atoms with Gasteiger partial charge in [-0.2, -0.15) is 10.2 Å². The van der Waals surface area contributed by atoms with Crippen LogP contribution >= 0.6 is 23.2 Å². The summed E-state index contributed by atoms with van der Waals surface area (Å²) in [7, 11) is 3.48. The van der Waals surface area contributed by atoms with Crippen LogP contribution in [0.1, 0.15) is 28.1 Å². The Labute approximate surface area is 201 Å². The molecule has 2 N–H and O–H groups in total. The van der Waals surface area contributed by atoms with Gasteiger partial charge >= 0.3 is 0 Å². The summed E-state index contributed by atoms with van der Waals surface area (Å²) in [5.74, 6) is -0.572. The van der Waals surface area contributed by atoms with Crippen molar-refractivity contribution in [3.8, 4) is 0 Å². The Morgan fingerprint density at radius 2 is 1.48 bits per heavy atom. The number of nitrogens with zero attached hydrogens (tertiary/aromatic N) is 4. The molecule has 2 heterocycles. The molecule has 0 atom stereocenters. The third-order valence-corrected chi connectivity index (χ3v) is 5.75. The molecular weight excluding hydrogens is 463 g/mol. The van der Waals surface area contributed by atoms with Gasteiger partial charge in [-0.1, -0.05) is 35.3 Å². The molecule has 0 aliphatic heterocycles. The average molecular weight is 487 g/mol. The van der Waals surface area contributed by atoms with Crippen LogP contribution in [0.2, 0.25) is 10.3 Å². The van der Waals surface area contributed by atoms with Gasteiger partial charge in [-0.15, -0.1) is 0 Å². The molecule has 10 heteroatoms. The number of benzene rings is 1. The average Bonchev–Trinajstić information content (AvgIpc) is 3.16. The SMILES string of the molecule is Cc1nn(C)c(Cl)c1/C=C\C(=O)Nc1cccc(CNC(=O)/C=C/c2c(C)nn(C)c2Cl)c1. The molecule has 3 rings (SSSR count). The third kappa shape index (κ3) is 6.12. The molecule has 0 bridgehead atoms. The smallest absolute Gasteiger partial charge is 0.248 e. The van der Waals surface area contributed by atoms with Gasteiger partial charge in [-0.25, -0.2) is 0 Å². The molecule has 172 valence electrons. The first-order valence-corrected chi connectivity index (χ1v) is 10.8. The molecule has 0 saturated carbocycles. The second-order valence-corrected chi connectivity index (χ2v) is 8.12. The van der Waals surface area contributed by atoms with Crippen LogP contribution in [0.4, 0.5) is 5.69 Å². The van der Waals surface area contributed by atoms with Crippen LogP contribution in [-0.2, 0) is 30.2 Å². The number of anilines is 1. The maximum atomic E-state index is 12.3. The normalized spacial score (nSPS) is 11.5. The lowest BCUT2D eigenvalue weighted by Crippen LogP contribution is -2.20. The zero-order valence-corrected chi connectivity index (χ0v) is 20.2. The lowest BCUT2D eigenvalue weighted by molar-refractivity contribution is -0.116. The van der Waals surface area contributed by atoms with Crippen molar-refractivity contribution in [2.45, 2.75) is 20.4 Å². The number of carbonyl (C=O) groups excluding carboxylic acids is 2. The van der Waals surface area contributed by atoms with Crippen LogP contribution in [0.25, 0.3) is 12.2 Å². The fourth-order valence-electron chi connectivity index (χ4n) is 3.18. The summed E-state index contributed by atoms with van der Waals surface area (Å²) >= 11 is 12.4. The van der Waals surface area contributed by atoms with Gasteiger partial charge in [0.25, 0.3) is 0 Å². The number of aromatic nitrogens is 4. The molecule has 0 aliphatic rings. The summed E-state index contributed by atoms with van der Waals surface area (Å²) < 4.78 is 3.10. The summed E-state index contributed by atoms with van der Waals surface area (Å²) in [6.45, 7) is 3.95. The predicted molar refractivity (Wildman–Crippen MR) is 131 cm³/mol. The largest absolute Gasteiger partial charge is 0.348 e. The monoisotopic (exact) mass is 486 g/mol. The van der Waals surface area contributed by atoms with Crippen LogP contribution in [0.5, 0.6) is 0 Å². The Morgan fingerprint density at radius 3 is 2.00 bits per heavy atom. The molecule has 2 amide bonds. The van der Waals surface area contributed by atoms with Gasteiger partial charge in [-0.3, -0.25) is 19.0 Å². The quantitative estimate of drug-likeness (QED) is 0.492. The van der Waals surface area contributed by atoms with Crippen molar-refractivity contribution in [1.29, 1.82) is 0 Å². The van der Waals surface area contributed by atoms with Crippen molar-refractivity contribution >= 4 is 52.9 Å². The molecule has 33 heavy (non-hydrogen) atoms. The van der Waals surface area contributed by atoms with Gasteiger partial charge in [0.1, 0.15) is 10.3 Å². The van der Waals surface area contributed by atoms with E-state index in [9.17, 15) is 9.59 Å². The Balaban J connectivity index is 1.57. The fraction of sp³-hybridized carbons (Fsp3) is 0.217. The third-order valence-electron chi connectivity index (χ3n) is 4.86.